The molecule has 0 aliphatic carbocycles. The lowest BCUT2D eigenvalue weighted by molar-refractivity contribution is -0.132. The Morgan fingerprint density at radius 3 is 2.32 bits per heavy atom. The number of Topliss-reactive ketones (excluding diaryl/α,β-unsaturated/α-hetero) is 1. The van der Waals surface area contributed by atoms with E-state index in [4.69, 9.17) is 9.47 Å². The Labute approximate surface area is 222 Å². The molecule has 0 aromatic heterocycles. The van der Waals surface area contributed by atoms with Gasteiger partial charge >= 0.3 is 5.97 Å². The number of hydrogen-bond acceptors (Lipinski definition) is 6. The molecule has 3 aromatic rings. The number of amides is 1. The molecular formula is C31H31NO6. The Balaban J connectivity index is 1.78. The molecule has 0 bridgehead atoms. The van der Waals surface area contributed by atoms with E-state index in [2.05, 4.69) is 0 Å². The largest absolute Gasteiger partial charge is 0.507 e. The third-order valence-electron chi connectivity index (χ3n) is 6.07. The van der Waals surface area contributed by atoms with Crippen molar-refractivity contribution in [1.29, 1.82) is 0 Å². The monoisotopic (exact) mass is 513 g/mol. The minimum atomic E-state index is -0.894. The summed E-state index contributed by atoms with van der Waals surface area (Å²) < 4.78 is 11.0. The van der Waals surface area contributed by atoms with Crippen LogP contribution in [-0.4, -0.2) is 36.0 Å². The van der Waals surface area contributed by atoms with Gasteiger partial charge in [-0.2, -0.15) is 0 Å². The van der Waals surface area contributed by atoms with Gasteiger partial charge in [0.25, 0.3) is 11.7 Å². The molecular weight excluding hydrogens is 482 g/mol. The van der Waals surface area contributed by atoms with Gasteiger partial charge in [0.1, 0.15) is 11.5 Å². The zero-order valence-electron chi connectivity index (χ0n) is 21.7. The lowest BCUT2D eigenvalue weighted by atomic mass is 9.95. The predicted molar refractivity (Wildman–Crippen MR) is 145 cm³/mol. The smallest absolute Gasteiger partial charge is 0.338 e. The highest BCUT2D eigenvalue weighted by Gasteiger charge is 2.47. The van der Waals surface area contributed by atoms with Gasteiger partial charge < -0.3 is 14.6 Å². The molecule has 1 fully saturated rings. The maximum Gasteiger partial charge on any atom is 0.338 e. The highest BCUT2D eigenvalue weighted by molar-refractivity contribution is 6.51. The first-order chi connectivity index (χ1) is 18.3. The molecule has 196 valence electrons. The van der Waals surface area contributed by atoms with Crippen molar-refractivity contribution in [3.8, 4) is 5.75 Å². The second kappa shape index (κ2) is 11.8. The van der Waals surface area contributed by atoms with Crippen LogP contribution < -0.4 is 9.64 Å². The molecule has 1 aliphatic heterocycles. The summed E-state index contributed by atoms with van der Waals surface area (Å²) in [5, 5.41) is 11.3. The van der Waals surface area contributed by atoms with Crippen molar-refractivity contribution in [2.75, 3.05) is 18.1 Å². The van der Waals surface area contributed by atoms with Gasteiger partial charge in [0.05, 0.1) is 30.4 Å². The first-order valence-corrected chi connectivity index (χ1v) is 12.7. The van der Waals surface area contributed by atoms with E-state index in [9.17, 15) is 19.5 Å². The molecule has 1 saturated heterocycles. The van der Waals surface area contributed by atoms with E-state index < -0.39 is 23.7 Å². The fourth-order valence-corrected chi connectivity index (χ4v) is 4.24. The fraction of sp³-hybridized carbons (Fsp3) is 0.258. The van der Waals surface area contributed by atoms with Crippen LogP contribution in [0.5, 0.6) is 5.75 Å². The van der Waals surface area contributed by atoms with Gasteiger partial charge in [0, 0.05) is 11.3 Å². The van der Waals surface area contributed by atoms with Crippen LogP contribution in [-0.2, 0) is 14.3 Å². The minimum absolute atomic E-state index is 0.0315. The molecule has 1 atom stereocenters. The Morgan fingerprint density at radius 2 is 1.66 bits per heavy atom. The van der Waals surface area contributed by atoms with E-state index in [-0.39, 0.29) is 23.5 Å². The number of ketones is 1. The second-order valence-corrected chi connectivity index (χ2v) is 9.50. The average molecular weight is 514 g/mol. The summed E-state index contributed by atoms with van der Waals surface area (Å²) in [5.74, 6) is -1.40. The normalized spacial score (nSPS) is 16.6. The predicted octanol–water partition coefficient (Wildman–Crippen LogP) is 5.91. The summed E-state index contributed by atoms with van der Waals surface area (Å²) in [4.78, 5) is 40.6. The highest BCUT2D eigenvalue weighted by atomic mass is 16.5. The van der Waals surface area contributed by atoms with Crippen molar-refractivity contribution < 1.29 is 29.0 Å². The number of ether oxygens (including phenoxy) is 2. The summed E-state index contributed by atoms with van der Waals surface area (Å²) in [5.41, 5.74) is 1.61. The van der Waals surface area contributed by atoms with Gasteiger partial charge in [-0.05, 0) is 60.4 Å². The number of benzene rings is 3. The van der Waals surface area contributed by atoms with Crippen molar-refractivity contribution in [2.45, 2.75) is 33.2 Å². The Kier molecular flexibility index (Phi) is 8.26. The number of anilines is 1. The van der Waals surface area contributed by atoms with E-state index in [0.717, 1.165) is 0 Å². The van der Waals surface area contributed by atoms with Gasteiger partial charge in [-0.1, -0.05) is 57.2 Å². The number of esters is 1. The molecule has 7 nitrogen and oxygen atoms in total. The fourth-order valence-electron chi connectivity index (χ4n) is 4.24. The summed E-state index contributed by atoms with van der Waals surface area (Å²) in [6.45, 7) is 6.82. The summed E-state index contributed by atoms with van der Waals surface area (Å²) in [6.07, 6.45) is 0.679. The summed E-state index contributed by atoms with van der Waals surface area (Å²) >= 11 is 0. The highest BCUT2D eigenvalue weighted by Crippen LogP contribution is 2.42. The molecule has 0 spiro atoms. The molecule has 1 amide bonds. The van der Waals surface area contributed by atoms with Crippen LogP contribution in [0.25, 0.3) is 5.76 Å². The number of carbonyl (C=O) groups is 3. The number of aliphatic hydroxyl groups is 1. The van der Waals surface area contributed by atoms with E-state index in [1.807, 2.05) is 26.8 Å². The van der Waals surface area contributed by atoms with Crippen LogP contribution in [0.2, 0.25) is 0 Å². The number of aliphatic hydroxyl groups excluding tert-OH is 1. The van der Waals surface area contributed by atoms with Gasteiger partial charge in [-0.25, -0.2) is 4.79 Å². The van der Waals surface area contributed by atoms with E-state index >= 15 is 0 Å². The minimum Gasteiger partial charge on any atom is -0.507 e. The Hall–Kier alpha value is -4.39. The zero-order valence-corrected chi connectivity index (χ0v) is 21.7. The van der Waals surface area contributed by atoms with Gasteiger partial charge in [-0.3, -0.25) is 14.5 Å². The molecule has 0 saturated carbocycles. The van der Waals surface area contributed by atoms with Gasteiger partial charge in [0.15, 0.2) is 0 Å². The van der Waals surface area contributed by atoms with Gasteiger partial charge in [-0.15, -0.1) is 0 Å². The molecule has 0 radical (unpaired) electrons. The summed E-state index contributed by atoms with van der Waals surface area (Å²) in [6, 6.07) is 21.3. The second-order valence-electron chi connectivity index (χ2n) is 9.50. The molecule has 1 unspecified atom stereocenters. The first kappa shape index (κ1) is 26.7. The number of nitrogens with zero attached hydrogens (tertiary/aromatic N) is 1. The van der Waals surface area contributed by atoms with Gasteiger partial charge in [0.2, 0.25) is 0 Å². The SMILES string of the molecule is CCCOC(=O)c1cccc(N2C(=O)C(=O)/C(=C(/O)c3ccc(OCC(C)C)cc3)C2c2ccccc2)c1. The molecule has 4 rings (SSSR count). The quantitative estimate of drug-likeness (QED) is 0.165. The molecule has 1 N–H and O–H groups in total. The molecule has 3 aromatic carbocycles. The third kappa shape index (κ3) is 5.62. The van der Waals surface area contributed by atoms with Crippen LogP contribution in [0, 0.1) is 5.92 Å². The Morgan fingerprint density at radius 1 is 0.947 bits per heavy atom. The van der Waals surface area contributed by atoms with Crippen molar-refractivity contribution in [3.63, 3.8) is 0 Å². The number of carbonyl (C=O) groups excluding carboxylic acids is 3. The molecule has 38 heavy (non-hydrogen) atoms. The lowest BCUT2D eigenvalue weighted by Crippen LogP contribution is -2.29. The number of hydrogen-bond donors (Lipinski definition) is 1. The lowest BCUT2D eigenvalue weighted by Gasteiger charge is -2.25. The molecule has 7 heteroatoms. The van der Waals surface area contributed by atoms with E-state index in [0.29, 0.717) is 41.5 Å². The van der Waals surface area contributed by atoms with Crippen LogP contribution in [0.1, 0.15) is 54.7 Å². The standard InChI is InChI=1S/C31H31NO6/c1-4-17-37-31(36)23-11-8-12-24(18-23)32-27(21-9-6-5-7-10-21)26(29(34)30(32)35)28(33)22-13-15-25(16-14-22)38-19-20(2)3/h5-16,18,20,27,33H,4,17,19H2,1-3H3/b28-26+. The maximum atomic E-state index is 13.4. The average Bonchev–Trinajstić information content (AvgIpc) is 3.21. The van der Waals surface area contributed by atoms with Crippen molar-refractivity contribution in [3.05, 3.63) is 101 Å². The number of rotatable bonds is 9. The first-order valence-electron chi connectivity index (χ1n) is 12.7. The van der Waals surface area contributed by atoms with Crippen LogP contribution >= 0.6 is 0 Å². The zero-order chi connectivity index (χ0) is 27.2. The van der Waals surface area contributed by atoms with Crippen LogP contribution in [0.15, 0.2) is 84.4 Å². The van der Waals surface area contributed by atoms with Crippen molar-refractivity contribution >= 4 is 29.1 Å². The van der Waals surface area contributed by atoms with Crippen molar-refractivity contribution in [1.82, 2.24) is 0 Å². The topological polar surface area (TPSA) is 93.1 Å². The van der Waals surface area contributed by atoms with E-state index in [1.165, 1.54) is 11.0 Å². The van der Waals surface area contributed by atoms with Crippen molar-refractivity contribution in [2.24, 2.45) is 5.92 Å². The van der Waals surface area contributed by atoms with Crippen LogP contribution in [0.3, 0.4) is 0 Å². The third-order valence-corrected chi connectivity index (χ3v) is 6.07. The molecule has 1 aliphatic rings. The summed E-state index contributed by atoms with van der Waals surface area (Å²) in [7, 11) is 0. The maximum absolute atomic E-state index is 13.4. The van der Waals surface area contributed by atoms with E-state index in [1.54, 1.807) is 66.7 Å². The Bertz CT molecular complexity index is 1340. The molecule has 1 heterocycles. The van der Waals surface area contributed by atoms with Crippen LogP contribution in [0.4, 0.5) is 5.69 Å².